The molecule has 0 bridgehead atoms. The number of rotatable bonds is 0. The molecule has 5 aliphatic rings. The molecule has 0 aliphatic heterocycles. The zero-order valence-electron chi connectivity index (χ0n) is 23.7. The molecule has 2 aromatic heterocycles. The van der Waals surface area contributed by atoms with E-state index in [-0.39, 0.29) is 10.8 Å². The molecule has 9 atom stereocenters. The second-order valence-corrected chi connectivity index (χ2v) is 15.1. The van der Waals surface area contributed by atoms with Crippen LogP contribution in [0.3, 0.4) is 0 Å². The van der Waals surface area contributed by atoms with Gasteiger partial charge in [-0.1, -0.05) is 71.7 Å². The first-order valence-corrected chi connectivity index (χ1v) is 15.0. The molecule has 2 aromatic rings. The predicted molar refractivity (Wildman–Crippen MR) is 146 cm³/mol. The molecule has 0 unspecified atom stereocenters. The average Bonchev–Trinajstić information content (AvgIpc) is 3.28. The zero-order valence-corrected chi connectivity index (χ0v) is 23.7. The fourth-order valence-corrected chi connectivity index (χ4v) is 11.4. The van der Waals surface area contributed by atoms with Crippen molar-refractivity contribution in [2.45, 2.75) is 105 Å². The maximum atomic E-state index is 5.50. The normalized spacial score (nSPS) is 47.1. The maximum Gasteiger partial charge on any atom is 0.257 e. The highest BCUT2D eigenvalue weighted by atomic mass is 16.5. The number of allylic oxidation sites excluding steroid dienone is 2. The summed E-state index contributed by atoms with van der Waals surface area (Å²) in [4.78, 5) is 5.07. The first-order valence-electron chi connectivity index (χ1n) is 15.0. The summed E-state index contributed by atoms with van der Waals surface area (Å²) in [6, 6.07) is 2.35. The van der Waals surface area contributed by atoms with Crippen molar-refractivity contribution in [1.29, 1.82) is 0 Å². The van der Waals surface area contributed by atoms with Gasteiger partial charge in [0.15, 0.2) is 0 Å². The van der Waals surface area contributed by atoms with E-state index in [0.29, 0.717) is 22.5 Å². The van der Waals surface area contributed by atoms with E-state index in [0.717, 1.165) is 41.4 Å². The van der Waals surface area contributed by atoms with Gasteiger partial charge in [0.05, 0.1) is 17.3 Å². The summed E-state index contributed by atoms with van der Waals surface area (Å²) in [6.45, 7) is 18.1. The van der Waals surface area contributed by atoms with Gasteiger partial charge in [0.2, 0.25) is 0 Å². The van der Waals surface area contributed by atoms with E-state index in [1.54, 1.807) is 0 Å². The predicted octanol–water partition coefficient (Wildman–Crippen LogP) is 8.52. The van der Waals surface area contributed by atoms with Crippen LogP contribution in [0.25, 0.3) is 11.1 Å². The number of pyridine rings is 1. The summed E-state index contributed by atoms with van der Waals surface area (Å²) in [7, 11) is 0. The fraction of sp³-hybridized carbons (Fsp3) is 0.758. The van der Waals surface area contributed by atoms with E-state index >= 15 is 0 Å². The van der Waals surface area contributed by atoms with Gasteiger partial charge in [0.25, 0.3) is 5.71 Å². The van der Waals surface area contributed by atoms with Crippen LogP contribution in [0.4, 0.5) is 0 Å². The van der Waals surface area contributed by atoms with Gasteiger partial charge in [0, 0.05) is 5.41 Å². The van der Waals surface area contributed by atoms with E-state index in [1.807, 2.05) is 11.8 Å². The highest BCUT2D eigenvalue weighted by Gasteiger charge is 2.67. The SMILES string of the molecule is C[C@@H]1[C@H]2C3=CC[C@@H]4[C@@]5(C)Cc6cc7cnoc7nc6C(C)(C)[C@@H]5CC[C@@]4(C)[C@]3(C)CC[C@@H]2CC[C@H]1C. The van der Waals surface area contributed by atoms with Crippen molar-refractivity contribution in [3.63, 3.8) is 0 Å². The quantitative estimate of drug-likeness (QED) is 0.350. The van der Waals surface area contributed by atoms with E-state index in [2.05, 4.69) is 65.8 Å². The summed E-state index contributed by atoms with van der Waals surface area (Å²) < 4.78 is 5.50. The molecule has 3 saturated carbocycles. The molecular formula is C33H46N2O. The van der Waals surface area contributed by atoms with Crippen molar-refractivity contribution in [2.75, 3.05) is 0 Å². The second-order valence-electron chi connectivity index (χ2n) is 15.1. The zero-order chi connectivity index (χ0) is 25.3. The molecule has 3 fully saturated rings. The molecule has 0 amide bonds. The number of nitrogens with zero attached hydrogens (tertiary/aromatic N) is 2. The molecule has 36 heavy (non-hydrogen) atoms. The lowest BCUT2D eigenvalue weighted by Crippen LogP contribution is -2.63. The summed E-state index contributed by atoms with van der Waals surface area (Å²) in [5.74, 6) is 4.82. The Morgan fingerprint density at radius 1 is 0.944 bits per heavy atom. The molecule has 0 aromatic carbocycles. The van der Waals surface area contributed by atoms with Crippen LogP contribution in [0.1, 0.15) is 105 Å². The largest absolute Gasteiger partial charge is 0.336 e. The lowest BCUT2D eigenvalue weighted by molar-refractivity contribution is -0.153. The molecule has 3 nitrogen and oxygen atoms in total. The topological polar surface area (TPSA) is 38.9 Å². The van der Waals surface area contributed by atoms with Crippen LogP contribution in [0.2, 0.25) is 0 Å². The van der Waals surface area contributed by atoms with Crippen LogP contribution in [-0.4, -0.2) is 10.1 Å². The van der Waals surface area contributed by atoms with Crippen molar-refractivity contribution in [2.24, 2.45) is 51.8 Å². The molecule has 0 N–H and O–H groups in total. The van der Waals surface area contributed by atoms with Gasteiger partial charge < -0.3 is 4.52 Å². The van der Waals surface area contributed by atoms with Gasteiger partial charge in [-0.15, -0.1) is 0 Å². The molecule has 2 heterocycles. The highest BCUT2D eigenvalue weighted by Crippen LogP contribution is 2.74. The van der Waals surface area contributed by atoms with E-state index in [9.17, 15) is 0 Å². The van der Waals surface area contributed by atoms with Crippen LogP contribution in [0.15, 0.2) is 28.4 Å². The minimum Gasteiger partial charge on any atom is -0.336 e. The standard InChI is InChI=1S/C33H46N2O/c1-19-8-9-21-12-14-32(6)24(27(21)20(19)2)10-11-26-31(5)17-22-16-23-18-34-36-29(23)35-28(22)30(3,4)25(31)13-15-33(26,32)7/h10,16,18-21,25-27H,8-9,11-15,17H2,1-7H3/t19-,20+,21+,25+,26-,27-,31+,32-,33-/m1/s1. The van der Waals surface area contributed by atoms with Crippen molar-refractivity contribution < 1.29 is 4.52 Å². The lowest BCUT2D eigenvalue weighted by atomic mass is 9.34. The van der Waals surface area contributed by atoms with Gasteiger partial charge in [-0.05, 0) is 108 Å². The monoisotopic (exact) mass is 486 g/mol. The van der Waals surface area contributed by atoms with Crippen molar-refractivity contribution in [3.8, 4) is 0 Å². The average molecular weight is 487 g/mol. The minimum absolute atomic E-state index is 0.0422. The van der Waals surface area contributed by atoms with Gasteiger partial charge in [-0.3, -0.25) is 0 Å². The molecule has 3 heteroatoms. The number of aromatic nitrogens is 2. The van der Waals surface area contributed by atoms with Crippen molar-refractivity contribution in [3.05, 3.63) is 35.2 Å². The molecule has 5 aliphatic carbocycles. The number of hydrogen-bond donors (Lipinski definition) is 0. The first kappa shape index (κ1) is 23.5. The van der Waals surface area contributed by atoms with Crippen LogP contribution < -0.4 is 0 Å². The highest BCUT2D eigenvalue weighted by molar-refractivity contribution is 5.73. The molecule has 0 saturated heterocycles. The Morgan fingerprint density at radius 3 is 2.56 bits per heavy atom. The van der Waals surface area contributed by atoms with Crippen LogP contribution in [-0.2, 0) is 11.8 Å². The maximum absolute atomic E-state index is 5.50. The smallest absolute Gasteiger partial charge is 0.257 e. The van der Waals surface area contributed by atoms with E-state index in [1.165, 1.54) is 56.2 Å². The van der Waals surface area contributed by atoms with Crippen LogP contribution >= 0.6 is 0 Å². The van der Waals surface area contributed by atoms with Crippen LogP contribution in [0.5, 0.6) is 0 Å². The summed E-state index contributed by atoms with van der Waals surface area (Å²) in [6.07, 6.45) is 15.5. The lowest BCUT2D eigenvalue weighted by Gasteiger charge is -2.70. The molecule has 0 spiro atoms. The Kier molecular flexibility index (Phi) is 4.74. The van der Waals surface area contributed by atoms with Gasteiger partial charge in [-0.25, -0.2) is 4.98 Å². The Hall–Kier alpha value is -1.64. The summed E-state index contributed by atoms with van der Waals surface area (Å²) in [5.41, 5.74) is 6.34. The number of fused-ring (bicyclic) bond motifs is 9. The molecule has 194 valence electrons. The number of hydrogen-bond acceptors (Lipinski definition) is 3. The van der Waals surface area contributed by atoms with Crippen molar-refractivity contribution in [1.82, 2.24) is 10.1 Å². The molecule has 7 rings (SSSR count). The Labute approximate surface area is 217 Å². The molecule has 0 radical (unpaired) electrons. The Balaban J connectivity index is 1.34. The van der Waals surface area contributed by atoms with E-state index < -0.39 is 0 Å². The van der Waals surface area contributed by atoms with Gasteiger partial charge in [-0.2, -0.15) is 0 Å². The Bertz CT molecular complexity index is 1250. The third-order valence-electron chi connectivity index (χ3n) is 13.6. The summed E-state index contributed by atoms with van der Waals surface area (Å²) in [5, 5.41) is 5.12. The van der Waals surface area contributed by atoms with Gasteiger partial charge >= 0.3 is 0 Å². The fourth-order valence-electron chi connectivity index (χ4n) is 11.4. The molecular weight excluding hydrogens is 440 g/mol. The first-order chi connectivity index (χ1) is 17.0. The van der Waals surface area contributed by atoms with Gasteiger partial charge in [0.1, 0.15) is 0 Å². The Morgan fingerprint density at radius 2 is 1.75 bits per heavy atom. The summed E-state index contributed by atoms with van der Waals surface area (Å²) >= 11 is 0. The van der Waals surface area contributed by atoms with Crippen LogP contribution in [0, 0.1) is 51.8 Å². The third-order valence-corrected chi connectivity index (χ3v) is 13.6. The van der Waals surface area contributed by atoms with Crippen molar-refractivity contribution >= 4 is 11.1 Å². The minimum atomic E-state index is 0.0422. The third kappa shape index (κ3) is 2.71. The van der Waals surface area contributed by atoms with E-state index in [4.69, 9.17) is 9.51 Å². The second kappa shape index (κ2) is 7.26.